The summed E-state index contributed by atoms with van der Waals surface area (Å²) in [5, 5.41) is 0. The van der Waals surface area contributed by atoms with Crippen LogP contribution in [0.4, 0.5) is 0 Å². The van der Waals surface area contributed by atoms with E-state index in [0.717, 1.165) is 0 Å². The van der Waals surface area contributed by atoms with Crippen LogP contribution in [-0.2, 0) is 0 Å². The predicted octanol–water partition coefficient (Wildman–Crippen LogP) is 5.08. The second kappa shape index (κ2) is 13.1. The lowest BCUT2D eigenvalue weighted by atomic mass is 9.76. The lowest BCUT2D eigenvalue weighted by molar-refractivity contribution is 0.562. The number of hydrogen-bond acceptors (Lipinski definition) is 0. The highest BCUT2D eigenvalue weighted by Gasteiger charge is 1.91. The maximum Gasteiger partial charge on any atom is 0.105 e. The molecule has 0 saturated heterocycles. The Labute approximate surface area is 92.1 Å². The van der Waals surface area contributed by atoms with Crippen molar-refractivity contribution in [2.24, 2.45) is 0 Å². The standard InChI is InChI=1S/C13H28B/c1-3-4-5-6-7-8-9-10-11-12-13-14-2/h3-13H2,1-2H3. The zero-order chi connectivity index (χ0) is 10.5. The third-order valence-electron chi connectivity index (χ3n) is 2.85. The predicted molar refractivity (Wildman–Crippen MR) is 68.3 cm³/mol. The van der Waals surface area contributed by atoms with Gasteiger partial charge in [-0.2, -0.15) is 0 Å². The lowest BCUT2D eigenvalue weighted by Gasteiger charge is -2.01. The molecule has 0 aromatic carbocycles. The summed E-state index contributed by atoms with van der Waals surface area (Å²) in [6, 6.07) is 0. The summed E-state index contributed by atoms with van der Waals surface area (Å²) in [6.45, 7) is 4.44. The van der Waals surface area contributed by atoms with Crippen LogP contribution < -0.4 is 0 Å². The quantitative estimate of drug-likeness (QED) is 0.318. The molecule has 0 atom stereocenters. The Bertz CT molecular complexity index is 79.2. The van der Waals surface area contributed by atoms with Gasteiger partial charge in [0.15, 0.2) is 0 Å². The molecule has 0 bridgehead atoms. The number of rotatable bonds is 11. The second-order valence-corrected chi connectivity index (χ2v) is 4.38. The average molecular weight is 195 g/mol. The minimum absolute atomic E-state index is 1.32. The highest BCUT2D eigenvalue weighted by molar-refractivity contribution is 6.33. The van der Waals surface area contributed by atoms with Crippen LogP contribution >= 0.6 is 0 Å². The number of hydrogen-bond donors (Lipinski definition) is 0. The van der Waals surface area contributed by atoms with Gasteiger partial charge in [0.25, 0.3) is 0 Å². The van der Waals surface area contributed by atoms with Crippen molar-refractivity contribution in [3.05, 3.63) is 0 Å². The van der Waals surface area contributed by atoms with Crippen LogP contribution in [0.1, 0.15) is 71.1 Å². The molecule has 0 aromatic rings. The summed E-state index contributed by atoms with van der Waals surface area (Å²) in [5.74, 6) is 0. The first-order valence-electron chi connectivity index (χ1n) is 6.69. The van der Waals surface area contributed by atoms with Crippen molar-refractivity contribution < 1.29 is 0 Å². The molecule has 0 spiro atoms. The fraction of sp³-hybridized carbons (Fsp3) is 1.00. The smallest absolute Gasteiger partial charge is 0.0920 e. The molecule has 1 radical (unpaired) electrons. The first-order valence-corrected chi connectivity index (χ1v) is 6.69. The first kappa shape index (κ1) is 14.1. The maximum absolute atomic E-state index is 2.28. The Hall–Kier alpha value is 0.0649. The molecule has 0 aliphatic heterocycles. The highest BCUT2D eigenvalue weighted by atomic mass is 14.0. The summed E-state index contributed by atoms with van der Waals surface area (Å²) in [4.78, 5) is 0. The molecule has 0 saturated carbocycles. The largest absolute Gasteiger partial charge is 0.105 e. The van der Waals surface area contributed by atoms with Crippen molar-refractivity contribution in [1.29, 1.82) is 0 Å². The van der Waals surface area contributed by atoms with Crippen molar-refractivity contribution in [2.45, 2.75) is 84.3 Å². The van der Waals surface area contributed by atoms with E-state index in [-0.39, 0.29) is 0 Å². The van der Waals surface area contributed by atoms with Crippen molar-refractivity contribution >= 4 is 7.28 Å². The normalized spacial score (nSPS) is 10.4. The third-order valence-corrected chi connectivity index (χ3v) is 2.85. The van der Waals surface area contributed by atoms with Crippen molar-refractivity contribution in [2.75, 3.05) is 0 Å². The molecule has 0 N–H and O–H groups in total. The second-order valence-electron chi connectivity index (χ2n) is 4.38. The Balaban J connectivity index is 2.78. The fourth-order valence-electron chi connectivity index (χ4n) is 1.84. The van der Waals surface area contributed by atoms with Crippen LogP contribution in [-0.4, -0.2) is 7.28 Å². The molecule has 14 heavy (non-hydrogen) atoms. The molecule has 0 nitrogen and oxygen atoms in total. The van der Waals surface area contributed by atoms with E-state index in [1.54, 1.807) is 0 Å². The Kier molecular flexibility index (Phi) is 13.1. The van der Waals surface area contributed by atoms with E-state index in [1.807, 2.05) is 0 Å². The maximum atomic E-state index is 2.28. The van der Waals surface area contributed by atoms with Gasteiger partial charge >= 0.3 is 0 Å². The molecular weight excluding hydrogens is 167 g/mol. The van der Waals surface area contributed by atoms with Gasteiger partial charge in [0.05, 0.1) is 0 Å². The number of unbranched alkanes of at least 4 members (excludes halogenated alkanes) is 9. The van der Waals surface area contributed by atoms with E-state index in [0.29, 0.717) is 0 Å². The molecule has 0 aliphatic rings. The van der Waals surface area contributed by atoms with Crippen LogP contribution in [0.25, 0.3) is 0 Å². The molecule has 1 heteroatoms. The topological polar surface area (TPSA) is 0 Å². The Morgan fingerprint density at radius 3 is 1.50 bits per heavy atom. The monoisotopic (exact) mass is 195 g/mol. The van der Waals surface area contributed by atoms with Gasteiger partial charge < -0.3 is 0 Å². The molecule has 0 heterocycles. The van der Waals surface area contributed by atoms with Crippen LogP contribution in [0.2, 0.25) is 13.1 Å². The van der Waals surface area contributed by atoms with Gasteiger partial charge in [-0.3, -0.25) is 0 Å². The van der Waals surface area contributed by atoms with E-state index >= 15 is 0 Å². The first-order chi connectivity index (χ1) is 6.91. The minimum Gasteiger partial charge on any atom is -0.0920 e. The summed E-state index contributed by atoms with van der Waals surface area (Å²) < 4.78 is 0. The zero-order valence-electron chi connectivity index (χ0n) is 10.4. The van der Waals surface area contributed by atoms with E-state index in [9.17, 15) is 0 Å². The molecule has 0 unspecified atom stereocenters. The van der Waals surface area contributed by atoms with Crippen LogP contribution in [0, 0.1) is 0 Å². The SMILES string of the molecule is C[B]CCCCCCCCCCCC. The summed E-state index contributed by atoms with van der Waals surface area (Å²) in [5.41, 5.74) is 0. The van der Waals surface area contributed by atoms with Crippen molar-refractivity contribution in [3.8, 4) is 0 Å². The fourth-order valence-corrected chi connectivity index (χ4v) is 1.84. The molecule has 0 fully saturated rings. The molecule has 0 aromatic heterocycles. The van der Waals surface area contributed by atoms with Gasteiger partial charge in [0.2, 0.25) is 0 Å². The Morgan fingerprint density at radius 1 is 0.643 bits per heavy atom. The van der Waals surface area contributed by atoms with Crippen LogP contribution in [0.5, 0.6) is 0 Å². The van der Waals surface area contributed by atoms with Gasteiger partial charge in [-0.15, -0.1) is 0 Å². The molecule has 83 valence electrons. The van der Waals surface area contributed by atoms with E-state index < -0.39 is 0 Å². The Morgan fingerprint density at radius 2 is 1.07 bits per heavy atom. The summed E-state index contributed by atoms with van der Waals surface area (Å²) in [7, 11) is 2.28. The van der Waals surface area contributed by atoms with Gasteiger partial charge in [0, 0.05) is 0 Å². The average Bonchev–Trinajstić information content (AvgIpc) is 2.21. The lowest BCUT2D eigenvalue weighted by Crippen LogP contribution is -1.83. The highest BCUT2D eigenvalue weighted by Crippen LogP contribution is 2.10. The van der Waals surface area contributed by atoms with Gasteiger partial charge in [0.1, 0.15) is 7.28 Å². The molecular formula is C13H28B. The minimum atomic E-state index is 1.32. The van der Waals surface area contributed by atoms with E-state index in [4.69, 9.17) is 0 Å². The summed E-state index contributed by atoms with van der Waals surface area (Å²) >= 11 is 0. The van der Waals surface area contributed by atoms with E-state index in [2.05, 4.69) is 21.0 Å². The zero-order valence-corrected chi connectivity index (χ0v) is 10.4. The van der Waals surface area contributed by atoms with Gasteiger partial charge in [-0.25, -0.2) is 0 Å². The molecule has 0 amide bonds. The molecule has 0 aliphatic carbocycles. The van der Waals surface area contributed by atoms with Crippen molar-refractivity contribution in [1.82, 2.24) is 0 Å². The summed E-state index contributed by atoms with van der Waals surface area (Å²) in [6.07, 6.45) is 15.8. The molecule has 0 rings (SSSR count). The van der Waals surface area contributed by atoms with Crippen LogP contribution in [0.3, 0.4) is 0 Å². The van der Waals surface area contributed by atoms with E-state index in [1.165, 1.54) is 70.5 Å². The van der Waals surface area contributed by atoms with Crippen LogP contribution in [0.15, 0.2) is 0 Å². The van der Waals surface area contributed by atoms with Crippen molar-refractivity contribution in [3.63, 3.8) is 0 Å². The van der Waals surface area contributed by atoms with Gasteiger partial charge in [-0.05, 0) is 0 Å². The third kappa shape index (κ3) is 12.1. The van der Waals surface area contributed by atoms with Gasteiger partial charge in [-0.1, -0.05) is 84.3 Å².